The number of likely N-dealkylation sites (N-methyl/N-ethyl adjacent to an activating group) is 2. The van der Waals surface area contributed by atoms with E-state index >= 15 is 0 Å². The molecule has 6 N–H and O–H groups in total. The summed E-state index contributed by atoms with van der Waals surface area (Å²) < 4.78 is 11.9. The van der Waals surface area contributed by atoms with E-state index in [-0.39, 0.29) is 55.0 Å². The highest BCUT2D eigenvalue weighted by Gasteiger charge is 2.37. The van der Waals surface area contributed by atoms with Crippen molar-refractivity contribution in [3.63, 3.8) is 0 Å². The van der Waals surface area contributed by atoms with Crippen LogP contribution in [0.3, 0.4) is 0 Å². The summed E-state index contributed by atoms with van der Waals surface area (Å²) in [5.41, 5.74) is 11.0. The average Bonchev–Trinajstić information content (AvgIpc) is 4.09. The summed E-state index contributed by atoms with van der Waals surface area (Å²) in [6, 6.07) is 21.2. The van der Waals surface area contributed by atoms with Crippen molar-refractivity contribution in [1.82, 2.24) is 25.4 Å². The number of urea groups is 1. The Morgan fingerprint density at radius 2 is 1.61 bits per heavy atom. The van der Waals surface area contributed by atoms with Crippen molar-refractivity contribution in [3.05, 3.63) is 95.2 Å². The van der Waals surface area contributed by atoms with Gasteiger partial charge < -0.3 is 50.8 Å². The molecule has 1 fully saturated rings. The number of alkyl halides is 1. The molecule has 0 bridgehead atoms. The molecule has 0 radical (unpaired) electrons. The fourth-order valence-electron chi connectivity index (χ4n) is 9.87. The molecule has 70 heavy (non-hydrogen) atoms. The van der Waals surface area contributed by atoms with Crippen LogP contribution >= 0.6 is 15.9 Å². The number of primary amides is 1. The zero-order valence-electron chi connectivity index (χ0n) is 40.1. The van der Waals surface area contributed by atoms with E-state index in [1.807, 2.05) is 76.3 Å². The third kappa shape index (κ3) is 10.9. The lowest BCUT2D eigenvalue weighted by atomic mass is 9.89. The van der Waals surface area contributed by atoms with E-state index in [9.17, 15) is 28.8 Å². The zero-order valence-corrected chi connectivity index (χ0v) is 41.7. The van der Waals surface area contributed by atoms with Crippen molar-refractivity contribution in [2.24, 2.45) is 17.6 Å². The normalized spacial score (nSPS) is 16.5. The van der Waals surface area contributed by atoms with Crippen LogP contribution in [-0.4, -0.2) is 121 Å². The minimum Gasteiger partial charge on any atom is -0.444 e. The van der Waals surface area contributed by atoms with Gasteiger partial charge in [0, 0.05) is 97.4 Å². The standard InChI is InChI=1S/C52H62BrN9O8/c1-5-55-47(31(2)3)44(63)25-33(9-8-19-56-50(54)66)48(64)57-35-14-12-32(13-15-35)30-69-52(68)61-20-18-36-39-26-41(58-40(39)16-17-42(36)61)49(65)62-29-34(28-53)46-38-11-7-6-10-37(38)45(27-43(46)62)70-51(67)60-23-21-59(4)22-24-60/h6-7,10-17,26-27,31,33-34,47,55,58H,5,8-9,18-25,28-30H2,1-4H3,(H,57,64)(H3,54,56,66)/t33-,34-,47+/m1/s1. The molecule has 0 aliphatic carbocycles. The van der Waals surface area contributed by atoms with E-state index < -0.39 is 24.1 Å². The zero-order chi connectivity index (χ0) is 49.6. The molecule has 0 unspecified atom stereocenters. The number of carbonyl (C=O) groups excluding carboxylic acids is 6. The molecule has 3 atom stereocenters. The molecule has 370 valence electrons. The number of amides is 6. The number of nitrogens with two attached hydrogens (primary N) is 1. The van der Waals surface area contributed by atoms with Crippen molar-refractivity contribution in [2.45, 2.75) is 65.0 Å². The number of anilines is 3. The number of carbonyl (C=O) groups is 6. The lowest BCUT2D eigenvalue weighted by Crippen LogP contribution is -2.48. The van der Waals surface area contributed by atoms with Crippen LogP contribution in [0.4, 0.5) is 31.4 Å². The molecular weight excluding hydrogens is 959 g/mol. The highest BCUT2D eigenvalue weighted by atomic mass is 79.9. The first-order chi connectivity index (χ1) is 33.7. The van der Waals surface area contributed by atoms with Gasteiger partial charge in [-0.15, -0.1) is 0 Å². The topological polar surface area (TPSA) is 212 Å². The smallest absolute Gasteiger partial charge is 0.415 e. The van der Waals surface area contributed by atoms with Gasteiger partial charge >= 0.3 is 18.2 Å². The summed E-state index contributed by atoms with van der Waals surface area (Å²) in [6.07, 6.45) is 0.534. The van der Waals surface area contributed by atoms with Gasteiger partial charge in [-0.1, -0.05) is 73.1 Å². The monoisotopic (exact) mass is 1020 g/mol. The number of aromatic amines is 1. The van der Waals surface area contributed by atoms with Gasteiger partial charge in [0.1, 0.15) is 18.1 Å². The molecule has 0 saturated carbocycles. The molecule has 6 amide bonds. The van der Waals surface area contributed by atoms with E-state index in [1.165, 1.54) is 0 Å². The fourth-order valence-corrected chi connectivity index (χ4v) is 10.4. The van der Waals surface area contributed by atoms with Crippen LogP contribution in [-0.2, 0) is 27.4 Å². The van der Waals surface area contributed by atoms with Gasteiger partial charge in [0.15, 0.2) is 5.78 Å². The Balaban J connectivity index is 0.923. The summed E-state index contributed by atoms with van der Waals surface area (Å²) in [5.74, 6) is -0.731. The molecule has 4 aromatic carbocycles. The third-order valence-corrected chi connectivity index (χ3v) is 14.4. The number of fused-ring (bicyclic) bond motifs is 6. The van der Waals surface area contributed by atoms with Crippen molar-refractivity contribution < 1.29 is 38.2 Å². The summed E-state index contributed by atoms with van der Waals surface area (Å²) in [5, 5.41) is 11.9. The number of hydrogen-bond donors (Lipinski definition) is 5. The molecule has 1 aromatic heterocycles. The minimum atomic E-state index is -0.648. The number of hydrogen-bond acceptors (Lipinski definition) is 10. The number of piperazine rings is 1. The predicted octanol–water partition coefficient (Wildman–Crippen LogP) is 7.50. The Morgan fingerprint density at radius 1 is 0.871 bits per heavy atom. The number of rotatable bonds is 17. The number of halogens is 1. The van der Waals surface area contributed by atoms with Gasteiger partial charge in [0.05, 0.1) is 17.4 Å². The SMILES string of the molecule is CCN[C@H](C(=O)C[C@@H](CCCNC(N)=O)C(=O)Nc1ccc(COC(=O)N2CCc3c2ccc2[nH]c(C(=O)N4C[C@@H](CBr)c5c4cc(OC(=O)N4CCN(C)CC4)c4ccccc54)cc32)cc1)C(C)C. The van der Waals surface area contributed by atoms with Crippen LogP contribution in [0.25, 0.3) is 21.7 Å². The highest BCUT2D eigenvalue weighted by Crippen LogP contribution is 2.47. The lowest BCUT2D eigenvalue weighted by Gasteiger charge is -2.31. The highest BCUT2D eigenvalue weighted by molar-refractivity contribution is 9.09. The number of nitrogens with zero attached hydrogens (tertiary/aromatic N) is 4. The van der Waals surface area contributed by atoms with Gasteiger partial charge in [-0.3, -0.25) is 19.3 Å². The maximum atomic E-state index is 14.6. The number of aromatic nitrogens is 1. The van der Waals surface area contributed by atoms with Gasteiger partial charge in [-0.2, -0.15) is 0 Å². The van der Waals surface area contributed by atoms with E-state index in [0.29, 0.717) is 91.4 Å². The second kappa shape index (κ2) is 22.1. The van der Waals surface area contributed by atoms with Crippen LogP contribution in [0.15, 0.2) is 72.8 Å². The summed E-state index contributed by atoms with van der Waals surface area (Å²) in [7, 11) is 2.03. The Morgan fingerprint density at radius 3 is 2.31 bits per heavy atom. The van der Waals surface area contributed by atoms with E-state index in [4.69, 9.17) is 15.2 Å². The largest absolute Gasteiger partial charge is 0.444 e. The maximum Gasteiger partial charge on any atom is 0.415 e. The van der Waals surface area contributed by atoms with Crippen LogP contribution in [0.5, 0.6) is 5.75 Å². The minimum absolute atomic E-state index is 0.000567. The van der Waals surface area contributed by atoms with E-state index in [1.54, 1.807) is 39.0 Å². The Bertz CT molecular complexity index is 2770. The first-order valence-electron chi connectivity index (χ1n) is 24.1. The average molecular weight is 1020 g/mol. The Labute approximate surface area is 415 Å². The number of benzene rings is 4. The number of nitrogens with one attached hydrogen (secondary N) is 4. The number of ether oxygens (including phenoxy) is 2. The molecule has 3 aliphatic heterocycles. The number of ketones is 1. The maximum absolute atomic E-state index is 14.6. The van der Waals surface area contributed by atoms with Gasteiger partial charge in [-0.25, -0.2) is 14.4 Å². The Kier molecular flexibility index (Phi) is 15.7. The second-order valence-corrected chi connectivity index (χ2v) is 19.4. The predicted molar refractivity (Wildman–Crippen MR) is 274 cm³/mol. The van der Waals surface area contributed by atoms with Crippen LogP contribution < -0.4 is 36.2 Å². The van der Waals surface area contributed by atoms with Gasteiger partial charge in [0.2, 0.25) is 5.91 Å². The van der Waals surface area contributed by atoms with Crippen molar-refractivity contribution in [1.29, 1.82) is 0 Å². The quantitative estimate of drug-likeness (QED) is 0.0457. The molecule has 3 aliphatic rings. The van der Waals surface area contributed by atoms with Crippen LogP contribution in [0.2, 0.25) is 0 Å². The van der Waals surface area contributed by atoms with Crippen molar-refractivity contribution in [2.75, 3.05) is 79.9 Å². The van der Waals surface area contributed by atoms with Gasteiger partial charge in [0.25, 0.3) is 5.91 Å². The second-order valence-electron chi connectivity index (χ2n) is 18.7. The summed E-state index contributed by atoms with van der Waals surface area (Å²) >= 11 is 3.71. The summed E-state index contributed by atoms with van der Waals surface area (Å²) in [6.45, 7) is 10.3. The third-order valence-electron chi connectivity index (χ3n) is 13.6. The molecule has 5 aromatic rings. The molecular formula is C52H62BrN9O8. The van der Waals surface area contributed by atoms with Crippen LogP contribution in [0.1, 0.15) is 73.1 Å². The fraction of sp³-hybridized carbons (Fsp3) is 0.423. The van der Waals surface area contributed by atoms with Crippen molar-refractivity contribution >= 4 is 90.5 Å². The molecule has 18 heteroatoms. The molecule has 17 nitrogen and oxygen atoms in total. The molecule has 8 rings (SSSR count). The lowest BCUT2D eigenvalue weighted by molar-refractivity contribution is -0.128. The molecule has 4 heterocycles. The molecule has 1 saturated heterocycles. The first-order valence-corrected chi connectivity index (χ1v) is 25.2. The number of Topliss-reactive ketones (excluding diaryl/α,β-unsaturated/α-hetero) is 1. The van der Waals surface area contributed by atoms with E-state index in [0.717, 1.165) is 45.9 Å². The van der Waals surface area contributed by atoms with E-state index in [2.05, 4.69) is 41.8 Å². The van der Waals surface area contributed by atoms with Gasteiger partial charge in [-0.05, 0) is 91.2 Å². The van der Waals surface area contributed by atoms with Crippen LogP contribution in [0, 0.1) is 11.8 Å². The Hall–Kier alpha value is -6.50. The first kappa shape index (κ1) is 49.9. The van der Waals surface area contributed by atoms with Crippen molar-refractivity contribution in [3.8, 4) is 5.75 Å². The molecule has 0 spiro atoms. The number of H-pyrrole nitrogens is 1. The summed E-state index contributed by atoms with van der Waals surface area (Å²) in [4.78, 5) is 90.2.